The molecule has 0 saturated heterocycles. The number of unbranched alkanes of at least 4 members (excludes halogenated alkanes) is 1. The molecule has 2 rings (SSSR count). The normalized spacial score (nSPS) is 10.4. The summed E-state index contributed by atoms with van der Waals surface area (Å²) >= 11 is 5.85. The molecule has 0 saturated carbocycles. The topological polar surface area (TPSA) is 21.3 Å². The summed E-state index contributed by atoms with van der Waals surface area (Å²) in [7, 11) is 0. The molecule has 0 bridgehead atoms. The van der Waals surface area contributed by atoms with E-state index in [2.05, 4.69) is 5.32 Å². The zero-order valence-electron chi connectivity index (χ0n) is 11.5. The molecule has 106 valence electrons. The molecule has 2 nitrogen and oxygen atoms in total. The van der Waals surface area contributed by atoms with Gasteiger partial charge in [-0.2, -0.15) is 0 Å². The SMILES string of the molecule is Clc1ccc(CNCCCCOc2ccccc2)cc1. The summed E-state index contributed by atoms with van der Waals surface area (Å²) in [5.74, 6) is 0.946. The Balaban J connectivity index is 1.51. The van der Waals surface area contributed by atoms with Gasteiger partial charge in [0.2, 0.25) is 0 Å². The van der Waals surface area contributed by atoms with Crippen LogP contribution in [0.1, 0.15) is 18.4 Å². The minimum atomic E-state index is 0.770. The van der Waals surface area contributed by atoms with Crippen LogP contribution < -0.4 is 10.1 Å². The summed E-state index contributed by atoms with van der Waals surface area (Å²) in [6.07, 6.45) is 2.17. The molecule has 0 aliphatic carbocycles. The van der Waals surface area contributed by atoms with Gasteiger partial charge in [-0.3, -0.25) is 0 Å². The van der Waals surface area contributed by atoms with E-state index >= 15 is 0 Å². The highest BCUT2D eigenvalue weighted by atomic mass is 35.5. The first-order valence-electron chi connectivity index (χ1n) is 6.97. The third-order valence-corrected chi connectivity index (χ3v) is 3.25. The molecule has 0 aliphatic heterocycles. The van der Waals surface area contributed by atoms with Crippen molar-refractivity contribution in [2.75, 3.05) is 13.2 Å². The van der Waals surface area contributed by atoms with Crippen molar-refractivity contribution in [3.8, 4) is 5.75 Å². The Hall–Kier alpha value is -1.51. The van der Waals surface area contributed by atoms with Gasteiger partial charge in [0, 0.05) is 11.6 Å². The van der Waals surface area contributed by atoms with Crippen molar-refractivity contribution in [1.29, 1.82) is 0 Å². The molecule has 0 heterocycles. The van der Waals surface area contributed by atoms with Crippen molar-refractivity contribution in [1.82, 2.24) is 5.32 Å². The summed E-state index contributed by atoms with van der Waals surface area (Å²) < 4.78 is 5.64. The minimum absolute atomic E-state index is 0.770. The molecule has 0 atom stereocenters. The van der Waals surface area contributed by atoms with Crippen LogP contribution in [-0.4, -0.2) is 13.2 Å². The van der Waals surface area contributed by atoms with Gasteiger partial charge < -0.3 is 10.1 Å². The summed E-state index contributed by atoms with van der Waals surface area (Å²) in [6.45, 7) is 2.66. The molecule has 0 unspecified atom stereocenters. The number of benzene rings is 2. The van der Waals surface area contributed by atoms with Gasteiger partial charge in [0.1, 0.15) is 5.75 Å². The van der Waals surface area contributed by atoms with Gasteiger partial charge in [0.05, 0.1) is 6.61 Å². The fraction of sp³-hybridized carbons (Fsp3) is 0.294. The molecule has 0 fully saturated rings. The molecule has 0 aliphatic rings. The van der Waals surface area contributed by atoms with Crippen LogP contribution in [0.25, 0.3) is 0 Å². The van der Waals surface area contributed by atoms with E-state index in [9.17, 15) is 0 Å². The van der Waals surface area contributed by atoms with E-state index in [1.165, 1.54) is 5.56 Å². The lowest BCUT2D eigenvalue weighted by molar-refractivity contribution is 0.306. The van der Waals surface area contributed by atoms with Crippen LogP contribution in [0, 0.1) is 0 Å². The predicted molar refractivity (Wildman–Crippen MR) is 84.3 cm³/mol. The van der Waals surface area contributed by atoms with Gasteiger partial charge >= 0.3 is 0 Å². The fourth-order valence-corrected chi connectivity index (χ4v) is 2.02. The molecule has 0 radical (unpaired) electrons. The van der Waals surface area contributed by atoms with Crippen LogP contribution in [0.5, 0.6) is 5.75 Å². The van der Waals surface area contributed by atoms with Gasteiger partial charge in [0.15, 0.2) is 0 Å². The molecule has 2 aromatic carbocycles. The van der Waals surface area contributed by atoms with Gasteiger partial charge in [-0.1, -0.05) is 41.9 Å². The first-order valence-corrected chi connectivity index (χ1v) is 7.35. The molecular formula is C17H20ClNO. The van der Waals surface area contributed by atoms with Gasteiger partial charge in [-0.15, -0.1) is 0 Å². The summed E-state index contributed by atoms with van der Waals surface area (Å²) in [5.41, 5.74) is 1.26. The third-order valence-electron chi connectivity index (χ3n) is 3.00. The number of hydrogen-bond donors (Lipinski definition) is 1. The number of ether oxygens (including phenoxy) is 1. The highest BCUT2D eigenvalue weighted by Crippen LogP contribution is 2.10. The zero-order valence-corrected chi connectivity index (χ0v) is 12.3. The van der Waals surface area contributed by atoms with E-state index < -0.39 is 0 Å². The molecule has 0 aromatic heterocycles. The second-order valence-electron chi connectivity index (χ2n) is 4.67. The fourth-order valence-electron chi connectivity index (χ4n) is 1.89. The maximum atomic E-state index is 5.85. The van der Waals surface area contributed by atoms with Gasteiger partial charge in [-0.05, 0) is 49.2 Å². The van der Waals surface area contributed by atoms with E-state index in [0.29, 0.717) is 0 Å². The van der Waals surface area contributed by atoms with Crippen molar-refractivity contribution in [2.45, 2.75) is 19.4 Å². The number of hydrogen-bond acceptors (Lipinski definition) is 2. The standard InChI is InChI=1S/C17H20ClNO/c18-16-10-8-15(9-11-16)14-19-12-4-5-13-20-17-6-2-1-3-7-17/h1-3,6-11,19H,4-5,12-14H2. The highest BCUT2D eigenvalue weighted by molar-refractivity contribution is 6.30. The quantitative estimate of drug-likeness (QED) is 0.732. The van der Waals surface area contributed by atoms with Crippen molar-refractivity contribution in [2.24, 2.45) is 0 Å². The van der Waals surface area contributed by atoms with E-state index in [1.54, 1.807) is 0 Å². The number of halogens is 1. The number of para-hydroxylation sites is 1. The van der Waals surface area contributed by atoms with Crippen LogP contribution in [-0.2, 0) is 6.54 Å². The van der Waals surface area contributed by atoms with Crippen molar-refractivity contribution in [3.05, 3.63) is 65.2 Å². The lowest BCUT2D eigenvalue weighted by Crippen LogP contribution is -2.15. The Morgan fingerprint density at radius 1 is 0.900 bits per heavy atom. The Morgan fingerprint density at radius 2 is 1.65 bits per heavy atom. The smallest absolute Gasteiger partial charge is 0.119 e. The maximum Gasteiger partial charge on any atom is 0.119 e. The average Bonchev–Trinajstić information content (AvgIpc) is 2.49. The molecule has 2 aromatic rings. The van der Waals surface area contributed by atoms with Crippen LogP contribution in [0.3, 0.4) is 0 Å². The largest absolute Gasteiger partial charge is 0.494 e. The maximum absolute atomic E-state index is 5.85. The molecule has 0 amide bonds. The highest BCUT2D eigenvalue weighted by Gasteiger charge is 1.94. The van der Waals surface area contributed by atoms with Crippen LogP contribution >= 0.6 is 11.6 Å². The first kappa shape index (κ1) is 14.9. The van der Waals surface area contributed by atoms with Crippen molar-refractivity contribution in [3.63, 3.8) is 0 Å². The van der Waals surface area contributed by atoms with Crippen LogP contribution in [0.4, 0.5) is 0 Å². The molecule has 20 heavy (non-hydrogen) atoms. The Morgan fingerprint density at radius 3 is 2.40 bits per heavy atom. The molecule has 1 N–H and O–H groups in total. The van der Waals surface area contributed by atoms with Crippen molar-refractivity contribution < 1.29 is 4.74 Å². The summed E-state index contributed by atoms with van der Waals surface area (Å²) in [6, 6.07) is 17.9. The summed E-state index contributed by atoms with van der Waals surface area (Å²) in [4.78, 5) is 0. The zero-order chi connectivity index (χ0) is 14.0. The average molecular weight is 290 g/mol. The Bertz CT molecular complexity index is 484. The summed E-state index contributed by atoms with van der Waals surface area (Å²) in [5, 5.41) is 4.21. The lowest BCUT2D eigenvalue weighted by atomic mass is 10.2. The number of nitrogens with one attached hydrogen (secondary N) is 1. The van der Waals surface area contributed by atoms with E-state index in [0.717, 1.165) is 43.3 Å². The molecule has 0 spiro atoms. The first-order chi connectivity index (χ1) is 9.84. The van der Waals surface area contributed by atoms with Gasteiger partial charge in [0.25, 0.3) is 0 Å². The van der Waals surface area contributed by atoms with Crippen LogP contribution in [0.2, 0.25) is 5.02 Å². The van der Waals surface area contributed by atoms with E-state index in [4.69, 9.17) is 16.3 Å². The Labute approximate surface area is 125 Å². The number of rotatable bonds is 8. The van der Waals surface area contributed by atoms with Gasteiger partial charge in [-0.25, -0.2) is 0 Å². The molecular weight excluding hydrogens is 270 g/mol. The monoisotopic (exact) mass is 289 g/mol. The second-order valence-corrected chi connectivity index (χ2v) is 5.11. The Kier molecular flexibility index (Phi) is 6.42. The van der Waals surface area contributed by atoms with E-state index in [-0.39, 0.29) is 0 Å². The lowest BCUT2D eigenvalue weighted by Gasteiger charge is -2.07. The van der Waals surface area contributed by atoms with Crippen LogP contribution in [0.15, 0.2) is 54.6 Å². The third kappa shape index (κ3) is 5.64. The second kappa shape index (κ2) is 8.62. The van der Waals surface area contributed by atoms with E-state index in [1.807, 2.05) is 54.6 Å². The minimum Gasteiger partial charge on any atom is -0.494 e. The molecule has 3 heteroatoms. The van der Waals surface area contributed by atoms with Crippen molar-refractivity contribution >= 4 is 11.6 Å². The predicted octanol–water partition coefficient (Wildman–Crippen LogP) is 4.29.